The molecule has 0 radical (unpaired) electrons. The summed E-state index contributed by atoms with van der Waals surface area (Å²) >= 11 is 0. The summed E-state index contributed by atoms with van der Waals surface area (Å²) in [6.45, 7) is 16.0. The molecule has 0 nitrogen and oxygen atoms in total. The second kappa shape index (κ2) is 4.11. The van der Waals surface area contributed by atoms with Gasteiger partial charge in [-0.1, -0.05) is 45.8 Å². The molecule has 0 aliphatic rings. The van der Waals surface area contributed by atoms with Crippen molar-refractivity contribution in [1.29, 1.82) is 0 Å². The quantitative estimate of drug-likeness (QED) is 0.536. The second-order valence-electron chi connectivity index (χ2n) is 4.90. The lowest BCUT2D eigenvalue weighted by molar-refractivity contribution is 0.298. The molecule has 0 aliphatic carbocycles. The van der Waals surface area contributed by atoms with Crippen LogP contribution in [0.25, 0.3) is 0 Å². The summed E-state index contributed by atoms with van der Waals surface area (Å²) in [6.07, 6.45) is 1.19. The summed E-state index contributed by atoms with van der Waals surface area (Å²) in [5.41, 5.74) is 3.53. The van der Waals surface area contributed by atoms with Crippen molar-refractivity contribution in [1.82, 2.24) is 0 Å². The Morgan fingerprint density at radius 1 is 1.17 bits per heavy atom. The van der Waals surface area contributed by atoms with Crippen LogP contribution in [-0.4, -0.2) is 0 Å². The predicted octanol–water partition coefficient (Wildman–Crippen LogP) is 4.42. The van der Waals surface area contributed by atoms with Gasteiger partial charge in [-0.05, 0) is 31.6 Å². The second-order valence-corrected chi connectivity index (χ2v) is 4.90. The van der Waals surface area contributed by atoms with Crippen LogP contribution in [0.5, 0.6) is 0 Å². The molecule has 0 unspecified atom stereocenters. The van der Waals surface area contributed by atoms with E-state index >= 15 is 0 Å². The zero-order valence-electron chi connectivity index (χ0n) is 9.78. The van der Waals surface area contributed by atoms with E-state index in [1.54, 1.807) is 11.1 Å². The lowest BCUT2D eigenvalue weighted by Crippen LogP contribution is -2.18. The standard InChI is InChI=1S/C12H24/c1-8-9(2)10(3)11(4)12(5,6)7/h11H,8H2,1-7H3/b10-9-/t11-/m0/s1. The van der Waals surface area contributed by atoms with Crippen LogP contribution in [0.2, 0.25) is 0 Å². The van der Waals surface area contributed by atoms with E-state index in [0.29, 0.717) is 11.3 Å². The molecule has 0 bridgehead atoms. The van der Waals surface area contributed by atoms with Crippen LogP contribution >= 0.6 is 0 Å². The van der Waals surface area contributed by atoms with Gasteiger partial charge in [-0.25, -0.2) is 0 Å². The van der Waals surface area contributed by atoms with Gasteiger partial charge in [-0.15, -0.1) is 0 Å². The van der Waals surface area contributed by atoms with Gasteiger partial charge >= 0.3 is 0 Å². The lowest BCUT2D eigenvalue weighted by atomic mass is 9.76. The van der Waals surface area contributed by atoms with Crippen molar-refractivity contribution in [3.8, 4) is 0 Å². The molecule has 0 heterocycles. The Morgan fingerprint density at radius 3 is 1.83 bits per heavy atom. The molecule has 1 atom stereocenters. The largest absolute Gasteiger partial charge is 0.0744 e. The molecule has 0 saturated heterocycles. The first kappa shape index (κ1) is 11.7. The molecule has 0 fully saturated rings. The van der Waals surface area contributed by atoms with E-state index in [4.69, 9.17) is 0 Å². The fourth-order valence-corrected chi connectivity index (χ4v) is 1.30. The van der Waals surface area contributed by atoms with Gasteiger partial charge in [0.25, 0.3) is 0 Å². The van der Waals surface area contributed by atoms with E-state index in [2.05, 4.69) is 48.5 Å². The summed E-state index contributed by atoms with van der Waals surface area (Å²) in [5, 5.41) is 0. The third-order valence-electron chi connectivity index (χ3n) is 3.15. The maximum Gasteiger partial charge on any atom is -0.0183 e. The molecular weight excluding hydrogens is 144 g/mol. The smallest absolute Gasteiger partial charge is 0.0183 e. The molecule has 0 spiro atoms. The average Bonchev–Trinajstić information content (AvgIpc) is 1.98. The van der Waals surface area contributed by atoms with E-state index < -0.39 is 0 Å². The molecule has 0 aliphatic heterocycles. The topological polar surface area (TPSA) is 0 Å². The van der Waals surface area contributed by atoms with Gasteiger partial charge in [0.2, 0.25) is 0 Å². The molecule has 72 valence electrons. The van der Waals surface area contributed by atoms with Gasteiger partial charge in [0.05, 0.1) is 0 Å². The van der Waals surface area contributed by atoms with Gasteiger partial charge in [0.15, 0.2) is 0 Å². The summed E-state index contributed by atoms with van der Waals surface area (Å²) in [4.78, 5) is 0. The first-order valence-corrected chi connectivity index (χ1v) is 4.97. The maximum atomic E-state index is 2.33. The fraction of sp³-hybridized carbons (Fsp3) is 0.833. The molecule has 0 N–H and O–H groups in total. The third-order valence-corrected chi connectivity index (χ3v) is 3.15. The van der Waals surface area contributed by atoms with Crippen molar-refractivity contribution >= 4 is 0 Å². The molecule has 0 aromatic rings. The SMILES string of the molecule is CC/C(C)=C(/C)[C@H](C)C(C)(C)C. The first-order valence-electron chi connectivity index (χ1n) is 4.97. The van der Waals surface area contributed by atoms with Crippen molar-refractivity contribution in [2.24, 2.45) is 11.3 Å². The Balaban J connectivity index is 4.60. The van der Waals surface area contributed by atoms with Crippen LogP contribution in [0.15, 0.2) is 11.1 Å². The first-order chi connectivity index (χ1) is 5.30. The van der Waals surface area contributed by atoms with Crippen molar-refractivity contribution in [3.63, 3.8) is 0 Å². The molecule has 0 amide bonds. The zero-order chi connectivity index (χ0) is 9.94. The normalized spacial score (nSPS) is 17.2. The Bertz CT molecular complexity index is 167. The number of hydrogen-bond donors (Lipinski definition) is 0. The molecule has 12 heavy (non-hydrogen) atoms. The van der Waals surface area contributed by atoms with Crippen molar-refractivity contribution in [2.45, 2.75) is 54.9 Å². The van der Waals surface area contributed by atoms with Crippen LogP contribution < -0.4 is 0 Å². The third kappa shape index (κ3) is 3.00. The van der Waals surface area contributed by atoms with Crippen LogP contribution in [0.3, 0.4) is 0 Å². The summed E-state index contributed by atoms with van der Waals surface area (Å²) in [7, 11) is 0. The van der Waals surface area contributed by atoms with Crippen LogP contribution in [0.1, 0.15) is 54.9 Å². The highest BCUT2D eigenvalue weighted by molar-refractivity contribution is 5.13. The minimum absolute atomic E-state index is 0.403. The number of hydrogen-bond acceptors (Lipinski definition) is 0. The lowest BCUT2D eigenvalue weighted by Gasteiger charge is -2.29. The molecular formula is C12H24. The summed E-state index contributed by atoms with van der Waals surface area (Å²) in [6, 6.07) is 0. The van der Waals surface area contributed by atoms with Crippen molar-refractivity contribution in [2.75, 3.05) is 0 Å². The Kier molecular flexibility index (Phi) is 4.02. The van der Waals surface area contributed by atoms with Gasteiger partial charge < -0.3 is 0 Å². The minimum Gasteiger partial charge on any atom is -0.0744 e. The molecule has 0 heteroatoms. The van der Waals surface area contributed by atoms with E-state index in [9.17, 15) is 0 Å². The van der Waals surface area contributed by atoms with E-state index in [0.717, 1.165) is 0 Å². The Morgan fingerprint density at radius 2 is 1.58 bits per heavy atom. The van der Waals surface area contributed by atoms with E-state index in [1.807, 2.05) is 0 Å². The highest BCUT2D eigenvalue weighted by Gasteiger charge is 2.21. The van der Waals surface area contributed by atoms with Crippen molar-refractivity contribution < 1.29 is 0 Å². The molecule has 0 saturated carbocycles. The van der Waals surface area contributed by atoms with Gasteiger partial charge in [-0.3, -0.25) is 0 Å². The van der Waals surface area contributed by atoms with Gasteiger partial charge in [-0.2, -0.15) is 0 Å². The van der Waals surface area contributed by atoms with Gasteiger partial charge in [0, 0.05) is 0 Å². The highest BCUT2D eigenvalue weighted by atomic mass is 14.3. The van der Waals surface area contributed by atoms with Crippen LogP contribution in [0, 0.1) is 11.3 Å². The van der Waals surface area contributed by atoms with Crippen LogP contribution in [0.4, 0.5) is 0 Å². The predicted molar refractivity (Wildman–Crippen MR) is 57.3 cm³/mol. The highest BCUT2D eigenvalue weighted by Crippen LogP contribution is 2.33. The van der Waals surface area contributed by atoms with Crippen LogP contribution in [-0.2, 0) is 0 Å². The average molecular weight is 168 g/mol. The minimum atomic E-state index is 0.403. The zero-order valence-corrected chi connectivity index (χ0v) is 9.78. The van der Waals surface area contributed by atoms with Gasteiger partial charge in [0.1, 0.15) is 0 Å². The molecule has 0 aromatic heterocycles. The van der Waals surface area contributed by atoms with E-state index in [-0.39, 0.29) is 0 Å². The monoisotopic (exact) mass is 168 g/mol. The van der Waals surface area contributed by atoms with E-state index in [1.165, 1.54) is 6.42 Å². The fourth-order valence-electron chi connectivity index (χ4n) is 1.30. The number of allylic oxidation sites excluding steroid dienone is 2. The summed E-state index contributed by atoms with van der Waals surface area (Å²) < 4.78 is 0. The van der Waals surface area contributed by atoms with Crippen molar-refractivity contribution in [3.05, 3.63) is 11.1 Å². The Labute approximate surface area is 78.1 Å². The Hall–Kier alpha value is -0.260. The molecule has 0 aromatic carbocycles. The maximum absolute atomic E-state index is 2.33. The summed E-state index contributed by atoms with van der Waals surface area (Å²) in [5.74, 6) is 0.692. The number of rotatable bonds is 2. The molecule has 0 rings (SSSR count).